The number of rotatable bonds is 4. The molecule has 0 aromatic heterocycles. The second kappa shape index (κ2) is 7.16. The van der Waals surface area contributed by atoms with Crippen LogP contribution in [0, 0.1) is 11.6 Å². The van der Waals surface area contributed by atoms with Crippen molar-refractivity contribution in [2.45, 2.75) is 13.8 Å². The maximum Gasteiger partial charge on any atom is 0.139 e. The standard InChI is InChI=1S/C22H21F2NO/c1-5-26-17-12-19(23)21(20(24)13-17)22-18(16-9-7-6-8-10-16)11-14(2)15(3)25(22)4/h6-13H,3,5H2,1-2,4H3. The molecule has 0 aliphatic carbocycles. The summed E-state index contributed by atoms with van der Waals surface area (Å²) in [5.41, 5.74) is 3.65. The Morgan fingerprint density at radius 3 is 2.27 bits per heavy atom. The molecule has 0 radical (unpaired) electrons. The van der Waals surface area contributed by atoms with Crippen molar-refractivity contribution in [3.8, 4) is 5.75 Å². The number of hydrogen-bond donors (Lipinski definition) is 0. The summed E-state index contributed by atoms with van der Waals surface area (Å²) in [6, 6.07) is 12.0. The van der Waals surface area contributed by atoms with Crippen LogP contribution >= 0.6 is 0 Å². The van der Waals surface area contributed by atoms with Gasteiger partial charge in [-0.1, -0.05) is 36.9 Å². The summed E-state index contributed by atoms with van der Waals surface area (Å²) >= 11 is 0. The Hall–Kier alpha value is -2.88. The van der Waals surface area contributed by atoms with Gasteiger partial charge < -0.3 is 9.64 Å². The molecule has 0 N–H and O–H groups in total. The quantitative estimate of drug-likeness (QED) is 0.705. The van der Waals surface area contributed by atoms with Crippen LogP contribution in [0.15, 0.2) is 66.4 Å². The molecule has 2 aromatic rings. The first kappa shape index (κ1) is 17.9. The number of ether oxygens (including phenoxy) is 1. The predicted octanol–water partition coefficient (Wildman–Crippen LogP) is 5.64. The van der Waals surface area contributed by atoms with E-state index in [1.165, 1.54) is 12.1 Å². The number of likely N-dealkylation sites (N-methyl/N-ethyl adjacent to an activating group) is 1. The first-order chi connectivity index (χ1) is 12.4. The molecule has 0 unspecified atom stereocenters. The SMILES string of the molecule is C=C1C(C)=CC(c2ccccc2)=C(c2c(F)cc(OCC)cc2F)N1C. The van der Waals surface area contributed by atoms with Crippen LogP contribution in [0.5, 0.6) is 5.75 Å². The summed E-state index contributed by atoms with van der Waals surface area (Å²) in [7, 11) is 1.77. The molecule has 2 aromatic carbocycles. The summed E-state index contributed by atoms with van der Waals surface area (Å²) in [5.74, 6) is -1.15. The number of allylic oxidation sites excluding steroid dienone is 3. The van der Waals surface area contributed by atoms with Crippen LogP contribution in [0.25, 0.3) is 11.3 Å². The molecule has 0 bridgehead atoms. The van der Waals surface area contributed by atoms with E-state index in [1.54, 1.807) is 18.9 Å². The van der Waals surface area contributed by atoms with E-state index in [0.29, 0.717) is 18.0 Å². The number of halogens is 2. The third kappa shape index (κ3) is 3.15. The molecule has 0 saturated heterocycles. The highest BCUT2D eigenvalue weighted by Gasteiger charge is 2.27. The minimum atomic E-state index is -0.663. The van der Waals surface area contributed by atoms with Crippen molar-refractivity contribution in [3.05, 3.63) is 89.2 Å². The summed E-state index contributed by atoms with van der Waals surface area (Å²) in [5, 5.41) is 0. The van der Waals surface area contributed by atoms with E-state index in [1.807, 2.05) is 43.3 Å². The van der Waals surface area contributed by atoms with Crippen molar-refractivity contribution < 1.29 is 13.5 Å². The van der Waals surface area contributed by atoms with Gasteiger partial charge in [-0.25, -0.2) is 8.78 Å². The summed E-state index contributed by atoms with van der Waals surface area (Å²) in [6.07, 6.45) is 1.92. The number of nitrogens with zero attached hydrogens (tertiary/aromatic N) is 1. The third-order valence-corrected chi connectivity index (χ3v) is 4.46. The molecule has 1 aliphatic rings. The van der Waals surface area contributed by atoms with Crippen LogP contribution in [0.2, 0.25) is 0 Å². The molecule has 1 heterocycles. The van der Waals surface area contributed by atoms with Crippen LogP contribution in [0.3, 0.4) is 0 Å². The lowest BCUT2D eigenvalue weighted by Gasteiger charge is -2.32. The fourth-order valence-electron chi connectivity index (χ4n) is 3.11. The minimum Gasteiger partial charge on any atom is -0.494 e. The molecule has 0 atom stereocenters. The van der Waals surface area contributed by atoms with Gasteiger partial charge in [-0.3, -0.25) is 0 Å². The fourth-order valence-corrected chi connectivity index (χ4v) is 3.11. The van der Waals surface area contributed by atoms with Crippen molar-refractivity contribution in [3.63, 3.8) is 0 Å². The van der Waals surface area contributed by atoms with Gasteiger partial charge in [0.2, 0.25) is 0 Å². The molecule has 3 rings (SSSR count). The third-order valence-electron chi connectivity index (χ3n) is 4.46. The van der Waals surface area contributed by atoms with Crippen molar-refractivity contribution >= 4 is 11.3 Å². The zero-order valence-electron chi connectivity index (χ0n) is 15.1. The van der Waals surface area contributed by atoms with Gasteiger partial charge in [0.25, 0.3) is 0 Å². The Bertz CT molecular complexity index is 890. The van der Waals surface area contributed by atoms with E-state index in [2.05, 4.69) is 6.58 Å². The monoisotopic (exact) mass is 353 g/mol. The molecule has 1 aliphatic heterocycles. The highest BCUT2D eigenvalue weighted by molar-refractivity contribution is 5.97. The first-order valence-corrected chi connectivity index (χ1v) is 8.47. The van der Waals surface area contributed by atoms with Gasteiger partial charge in [-0.2, -0.15) is 0 Å². The van der Waals surface area contributed by atoms with Gasteiger partial charge in [0.1, 0.15) is 17.4 Å². The Morgan fingerprint density at radius 2 is 1.69 bits per heavy atom. The number of benzene rings is 2. The van der Waals surface area contributed by atoms with Gasteiger partial charge in [0.05, 0.1) is 17.9 Å². The lowest BCUT2D eigenvalue weighted by atomic mass is 9.92. The Morgan fingerprint density at radius 1 is 1.08 bits per heavy atom. The molecule has 26 heavy (non-hydrogen) atoms. The molecule has 0 spiro atoms. The molecule has 0 saturated carbocycles. The van der Waals surface area contributed by atoms with E-state index in [9.17, 15) is 8.78 Å². The maximum atomic E-state index is 14.9. The van der Waals surface area contributed by atoms with E-state index < -0.39 is 11.6 Å². The molecule has 0 amide bonds. The van der Waals surface area contributed by atoms with Crippen molar-refractivity contribution in [1.82, 2.24) is 4.90 Å². The molecular formula is C22H21F2NO. The summed E-state index contributed by atoms with van der Waals surface area (Å²) < 4.78 is 35.0. The van der Waals surface area contributed by atoms with Crippen LogP contribution < -0.4 is 4.74 Å². The largest absolute Gasteiger partial charge is 0.494 e. The van der Waals surface area contributed by atoms with E-state index in [-0.39, 0.29) is 11.3 Å². The molecule has 134 valence electrons. The van der Waals surface area contributed by atoms with Crippen molar-refractivity contribution in [1.29, 1.82) is 0 Å². The van der Waals surface area contributed by atoms with Gasteiger partial charge in [0.15, 0.2) is 0 Å². The predicted molar refractivity (Wildman–Crippen MR) is 101 cm³/mol. The second-order valence-corrected chi connectivity index (χ2v) is 6.16. The highest BCUT2D eigenvalue weighted by Crippen LogP contribution is 2.40. The summed E-state index contributed by atoms with van der Waals surface area (Å²) in [6.45, 7) is 8.09. The lowest BCUT2D eigenvalue weighted by Crippen LogP contribution is -2.22. The van der Waals surface area contributed by atoms with Crippen molar-refractivity contribution in [2.75, 3.05) is 13.7 Å². The van der Waals surface area contributed by atoms with E-state index in [0.717, 1.165) is 16.7 Å². The van der Waals surface area contributed by atoms with Crippen LogP contribution in [0.1, 0.15) is 25.0 Å². The van der Waals surface area contributed by atoms with Gasteiger partial charge in [0, 0.05) is 30.5 Å². The molecule has 2 nitrogen and oxygen atoms in total. The van der Waals surface area contributed by atoms with Crippen molar-refractivity contribution in [2.24, 2.45) is 0 Å². The molecule has 4 heteroatoms. The minimum absolute atomic E-state index is 0.0836. The van der Waals surface area contributed by atoms with E-state index in [4.69, 9.17) is 4.74 Å². The van der Waals surface area contributed by atoms with Crippen LogP contribution in [0.4, 0.5) is 8.78 Å². The van der Waals surface area contributed by atoms with Gasteiger partial charge in [-0.05, 0) is 31.1 Å². The maximum absolute atomic E-state index is 14.9. The van der Waals surface area contributed by atoms with Gasteiger partial charge >= 0.3 is 0 Å². The zero-order chi connectivity index (χ0) is 18.8. The Labute approximate surface area is 152 Å². The van der Waals surface area contributed by atoms with E-state index >= 15 is 0 Å². The summed E-state index contributed by atoms with van der Waals surface area (Å²) in [4.78, 5) is 1.74. The van der Waals surface area contributed by atoms with Crippen LogP contribution in [-0.2, 0) is 0 Å². The fraction of sp³-hybridized carbons (Fsp3) is 0.182. The zero-order valence-corrected chi connectivity index (χ0v) is 15.1. The van der Waals surface area contributed by atoms with Gasteiger partial charge in [-0.15, -0.1) is 0 Å². The van der Waals surface area contributed by atoms with Crippen LogP contribution in [-0.4, -0.2) is 18.6 Å². The lowest BCUT2D eigenvalue weighted by molar-refractivity contribution is 0.335. The topological polar surface area (TPSA) is 12.5 Å². The molecular weight excluding hydrogens is 332 g/mol. The Balaban J connectivity index is 2.29. The molecule has 0 fully saturated rings. The normalized spacial score (nSPS) is 14.6. The number of hydrogen-bond acceptors (Lipinski definition) is 2. The highest BCUT2D eigenvalue weighted by atomic mass is 19.1. The Kier molecular flexibility index (Phi) is 4.94. The second-order valence-electron chi connectivity index (χ2n) is 6.16. The average molecular weight is 353 g/mol. The first-order valence-electron chi connectivity index (χ1n) is 8.47. The average Bonchev–Trinajstić information content (AvgIpc) is 2.62. The smallest absolute Gasteiger partial charge is 0.139 e.